The van der Waals surface area contributed by atoms with Crippen LogP contribution in [0, 0.1) is 6.92 Å². The number of aromatic nitrogens is 3. The van der Waals surface area contributed by atoms with Crippen LogP contribution >= 0.6 is 11.8 Å². The molecule has 0 amide bonds. The average Bonchev–Trinajstić information content (AvgIpc) is 3.15. The number of rotatable bonds is 4. The maximum absolute atomic E-state index is 13.0. The molecule has 8 heteroatoms. The number of benzene rings is 1. The summed E-state index contributed by atoms with van der Waals surface area (Å²) in [6, 6.07) is 7.79. The molecule has 2 aromatic rings. The number of aliphatic hydroxyl groups is 1. The normalized spacial score (nSPS) is 22.4. The van der Waals surface area contributed by atoms with Crippen molar-refractivity contribution in [2.24, 2.45) is 0 Å². The van der Waals surface area contributed by atoms with Gasteiger partial charge >= 0.3 is 0 Å². The quantitative estimate of drug-likeness (QED) is 0.875. The molecule has 26 heavy (non-hydrogen) atoms. The van der Waals surface area contributed by atoms with Crippen molar-refractivity contribution in [3.63, 3.8) is 0 Å². The molecule has 3 heterocycles. The fourth-order valence-electron chi connectivity index (χ4n) is 3.64. The summed E-state index contributed by atoms with van der Waals surface area (Å²) in [5.74, 6) is 1.37. The largest absolute Gasteiger partial charge is 0.497 e. The lowest BCUT2D eigenvalue weighted by Gasteiger charge is -2.38. The second-order valence-corrected chi connectivity index (χ2v) is 7.82. The second kappa shape index (κ2) is 7.02. The van der Waals surface area contributed by atoms with Crippen LogP contribution in [0.3, 0.4) is 0 Å². The molecular weight excluding hydrogens is 352 g/mol. The minimum atomic E-state index is -0.297. The van der Waals surface area contributed by atoms with E-state index in [1.54, 1.807) is 14.0 Å². The molecule has 2 aliphatic rings. The summed E-state index contributed by atoms with van der Waals surface area (Å²) in [6.45, 7) is 3.31. The number of carbonyl (C=O) groups excluding carboxylic acids is 1. The number of ether oxygens (including phenoxy) is 1. The molecule has 1 aromatic carbocycles. The number of hydrogen-bond donors (Lipinski definition) is 1. The Balaban J connectivity index is 1.66. The number of likely N-dealkylation sites (tertiary alicyclic amines) is 1. The van der Waals surface area contributed by atoms with Gasteiger partial charge < -0.3 is 9.84 Å². The van der Waals surface area contributed by atoms with Gasteiger partial charge in [-0.05, 0) is 37.5 Å². The van der Waals surface area contributed by atoms with Crippen molar-refractivity contribution in [2.45, 2.75) is 42.3 Å². The molecule has 0 saturated carbocycles. The summed E-state index contributed by atoms with van der Waals surface area (Å²) in [4.78, 5) is 19.7. The van der Waals surface area contributed by atoms with E-state index in [1.165, 1.54) is 16.4 Å². The molecule has 1 fully saturated rings. The highest BCUT2D eigenvalue weighted by molar-refractivity contribution is 8.00. The van der Waals surface area contributed by atoms with Gasteiger partial charge in [0.15, 0.2) is 5.16 Å². The lowest BCUT2D eigenvalue weighted by atomic mass is 9.97. The van der Waals surface area contributed by atoms with Crippen LogP contribution in [0.15, 0.2) is 29.4 Å². The Labute approximate surface area is 156 Å². The smallest absolute Gasteiger partial charge is 0.264 e. The van der Waals surface area contributed by atoms with E-state index >= 15 is 0 Å². The van der Waals surface area contributed by atoms with Crippen molar-refractivity contribution in [3.05, 3.63) is 35.7 Å². The molecule has 2 atom stereocenters. The Morgan fingerprint density at radius 3 is 2.58 bits per heavy atom. The molecule has 1 aromatic heterocycles. The van der Waals surface area contributed by atoms with Crippen LogP contribution in [0.1, 0.15) is 35.1 Å². The molecule has 7 nitrogen and oxygen atoms in total. The van der Waals surface area contributed by atoms with Gasteiger partial charge in [-0.25, -0.2) is 4.98 Å². The molecule has 0 radical (unpaired) electrons. The highest BCUT2D eigenvalue weighted by Crippen LogP contribution is 2.42. The van der Waals surface area contributed by atoms with Crippen LogP contribution in [0.4, 0.5) is 0 Å². The monoisotopic (exact) mass is 374 g/mol. The van der Waals surface area contributed by atoms with Crippen LogP contribution < -0.4 is 4.74 Å². The third-order valence-corrected chi connectivity index (χ3v) is 6.19. The number of aliphatic hydroxyl groups excluding tert-OH is 1. The number of carbonyl (C=O) groups is 1. The van der Waals surface area contributed by atoms with E-state index in [0.29, 0.717) is 11.0 Å². The van der Waals surface area contributed by atoms with Crippen molar-refractivity contribution in [1.29, 1.82) is 0 Å². The van der Waals surface area contributed by atoms with Crippen LogP contribution in [0.5, 0.6) is 5.75 Å². The number of methoxy groups -OCH3 is 1. The van der Waals surface area contributed by atoms with Gasteiger partial charge in [0.1, 0.15) is 16.8 Å². The van der Waals surface area contributed by atoms with E-state index in [9.17, 15) is 9.90 Å². The van der Waals surface area contributed by atoms with Gasteiger partial charge in [0, 0.05) is 13.1 Å². The van der Waals surface area contributed by atoms with E-state index in [1.807, 2.05) is 24.3 Å². The van der Waals surface area contributed by atoms with Gasteiger partial charge in [0.2, 0.25) is 0 Å². The molecule has 0 aliphatic carbocycles. The number of nitrogens with zero attached hydrogens (tertiary/aromatic N) is 4. The highest BCUT2D eigenvalue weighted by atomic mass is 32.2. The Morgan fingerprint density at radius 1 is 1.27 bits per heavy atom. The van der Waals surface area contributed by atoms with Crippen molar-refractivity contribution in [2.75, 3.05) is 20.2 Å². The zero-order valence-electron chi connectivity index (χ0n) is 14.8. The molecule has 1 saturated heterocycles. The number of hydrogen-bond acceptors (Lipinski definition) is 7. The zero-order valence-corrected chi connectivity index (χ0v) is 15.6. The van der Waals surface area contributed by atoms with Gasteiger partial charge in [-0.3, -0.25) is 9.69 Å². The van der Waals surface area contributed by atoms with E-state index < -0.39 is 0 Å². The number of piperidine rings is 1. The first-order valence-electron chi connectivity index (χ1n) is 8.77. The van der Waals surface area contributed by atoms with Crippen LogP contribution in [-0.4, -0.2) is 62.2 Å². The molecule has 1 N–H and O–H groups in total. The fraction of sp³-hybridized carbons (Fsp3) is 0.500. The summed E-state index contributed by atoms with van der Waals surface area (Å²) in [6.07, 6.45) is 1.19. The van der Waals surface area contributed by atoms with Crippen molar-refractivity contribution < 1.29 is 14.6 Å². The van der Waals surface area contributed by atoms with Crippen LogP contribution in [0.25, 0.3) is 0 Å². The van der Waals surface area contributed by atoms with Gasteiger partial charge in [0.05, 0.1) is 19.3 Å². The molecule has 2 unspecified atom stereocenters. The Hall–Kier alpha value is -1.90. The second-order valence-electron chi connectivity index (χ2n) is 6.72. The Bertz CT molecular complexity index is 799. The van der Waals surface area contributed by atoms with Crippen molar-refractivity contribution in [1.82, 2.24) is 19.7 Å². The van der Waals surface area contributed by atoms with Crippen LogP contribution in [0.2, 0.25) is 0 Å². The van der Waals surface area contributed by atoms with E-state index in [0.717, 1.165) is 37.2 Å². The molecule has 138 valence electrons. The van der Waals surface area contributed by atoms with Crippen LogP contribution in [-0.2, 0) is 0 Å². The predicted molar refractivity (Wildman–Crippen MR) is 97.6 cm³/mol. The van der Waals surface area contributed by atoms with E-state index in [-0.39, 0.29) is 23.3 Å². The Kier molecular flexibility index (Phi) is 4.73. The van der Waals surface area contributed by atoms with Gasteiger partial charge in [-0.1, -0.05) is 23.9 Å². The standard InChI is InChI=1S/C18H22N4O3S/c1-11-19-18-22(20-11)17(24)16(26-18)15(21-9-7-13(23)8-10-21)12-3-5-14(25-2)6-4-12/h3-6,13,15-16,23H,7-10H2,1-2H3. The van der Waals surface area contributed by atoms with E-state index in [2.05, 4.69) is 15.0 Å². The number of fused-ring (bicyclic) bond motifs is 1. The lowest BCUT2D eigenvalue weighted by Crippen LogP contribution is -2.44. The molecule has 4 rings (SSSR count). The van der Waals surface area contributed by atoms with Gasteiger partial charge in [-0.15, -0.1) is 5.10 Å². The highest BCUT2D eigenvalue weighted by Gasteiger charge is 2.43. The minimum absolute atomic E-state index is 0.0301. The third-order valence-electron chi connectivity index (χ3n) is 5.00. The maximum atomic E-state index is 13.0. The number of thioether (sulfide) groups is 1. The topological polar surface area (TPSA) is 80.5 Å². The fourth-order valence-corrected chi connectivity index (χ4v) is 4.94. The number of aryl methyl sites for hydroxylation is 1. The molecule has 0 spiro atoms. The third kappa shape index (κ3) is 3.13. The SMILES string of the molecule is COc1ccc(C(C2Sc3nc(C)nn3C2=O)N2CCC(O)CC2)cc1. The first-order chi connectivity index (χ1) is 12.6. The molecule has 2 aliphatic heterocycles. The molecule has 0 bridgehead atoms. The Morgan fingerprint density at radius 2 is 1.96 bits per heavy atom. The van der Waals surface area contributed by atoms with Crippen molar-refractivity contribution >= 4 is 17.7 Å². The summed E-state index contributed by atoms with van der Waals surface area (Å²) in [7, 11) is 1.64. The summed E-state index contributed by atoms with van der Waals surface area (Å²) in [5.41, 5.74) is 1.07. The maximum Gasteiger partial charge on any atom is 0.264 e. The first kappa shape index (κ1) is 17.5. The van der Waals surface area contributed by atoms with E-state index in [4.69, 9.17) is 4.74 Å². The minimum Gasteiger partial charge on any atom is -0.497 e. The summed E-state index contributed by atoms with van der Waals surface area (Å²) >= 11 is 1.48. The molecular formula is C18H22N4O3S. The zero-order chi connectivity index (χ0) is 18.3. The average molecular weight is 374 g/mol. The first-order valence-corrected chi connectivity index (χ1v) is 9.65. The summed E-state index contributed by atoms with van der Waals surface area (Å²) in [5, 5.41) is 14.5. The lowest BCUT2D eigenvalue weighted by molar-refractivity contribution is 0.0551. The van der Waals surface area contributed by atoms with Gasteiger partial charge in [0.25, 0.3) is 5.91 Å². The van der Waals surface area contributed by atoms with Crippen molar-refractivity contribution in [3.8, 4) is 5.75 Å². The van der Waals surface area contributed by atoms with Gasteiger partial charge in [-0.2, -0.15) is 4.68 Å². The summed E-state index contributed by atoms with van der Waals surface area (Å²) < 4.78 is 6.69. The predicted octanol–water partition coefficient (Wildman–Crippen LogP) is 1.91.